The maximum Gasteiger partial charge on any atom is 0.335 e. The van der Waals surface area contributed by atoms with Crippen LogP contribution in [0.5, 0.6) is 0 Å². The van der Waals surface area contributed by atoms with Gasteiger partial charge in [0, 0.05) is 0 Å². The maximum absolute atomic E-state index is 11.8. The zero-order chi connectivity index (χ0) is 14.6. The Morgan fingerprint density at radius 1 is 1.42 bits per heavy atom. The molecule has 0 bridgehead atoms. The Bertz CT molecular complexity index is 567. The third-order valence-corrected chi connectivity index (χ3v) is 3.83. The first-order valence-electron chi connectivity index (χ1n) is 5.84. The first kappa shape index (κ1) is 15.3. The molecule has 0 aliphatic rings. The predicted molar refractivity (Wildman–Crippen MR) is 74.7 cm³/mol. The van der Waals surface area contributed by atoms with Crippen molar-refractivity contribution < 1.29 is 18.3 Å². The van der Waals surface area contributed by atoms with Crippen LogP contribution < -0.4 is 10.5 Å². The van der Waals surface area contributed by atoms with Crippen molar-refractivity contribution in [2.45, 2.75) is 20.3 Å². The number of benzene rings is 1. The lowest BCUT2D eigenvalue weighted by Gasteiger charge is -2.11. The summed E-state index contributed by atoms with van der Waals surface area (Å²) in [6.07, 6.45) is 0.544. The van der Waals surface area contributed by atoms with E-state index >= 15 is 0 Å². The van der Waals surface area contributed by atoms with Gasteiger partial charge < -0.3 is 10.8 Å². The van der Waals surface area contributed by atoms with E-state index in [1.807, 2.05) is 13.8 Å². The molecule has 6 nitrogen and oxygen atoms in total. The molecule has 1 aromatic carbocycles. The van der Waals surface area contributed by atoms with Gasteiger partial charge >= 0.3 is 5.97 Å². The van der Waals surface area contributed by atoms with E-state index in [4.69, 9.17) is 10.8 Å². The Morgan fingerprint density at radius 2 is 2.05 bits per heavy atom. The number of hydrogen-bond donors (Lipinski definition) is 3. The number of carboxylic acid groups (broad SMARTS) is 1. The highest BCUT2D eigenvalue weighted by Gasteiger charge is 2.14. The highest BCUT2D eigenvalue weighted by Crippen LogP contribution is 2.21. The van der Waals surface area contributed by atoms with E-state index in [2.05, 4.69) is 4.72 Å². The number of nitrogen functional groups attached to an aromatic ring is 1. The van der Waals surface area contributed by atoms with Crippen molar-refractivity contribution in [1.29, 1.82) is 0 Å². The highest BCUT2D eigenvalue weighted by atomic mass is 32.2. The van der Waals surface area contributed by atoms with Crippen LogP contribution in [0.3, 0.4) is 0 Å². The van der Waals surface area contributed by atoms with E-state index in [9.17, 15) is 13.2 Å². The average molecular weight is 286 g/mol. The third-order valence-electron chi connectivity index (χ3n) is 2.53. The largest absolute Gasteiger partial charge is 0.478 e. The van der Waals surface area contributed by atoms with Crippen molar-refractivity contribution in [3.05, 3.63) is 23.8 Å². The molecule has 0 aliphatic heterocycles. The van der Waals surface area contributed by atoms with E-state index in [1.165, 1.54) is 18.2 Å². The lowest BCUT2D eigenvalue weighted by atomic mass is 10.2. The standard InChI is InChI=1S/C12H18N2O4S/c1-8(2)5-6-19(17,18)14-11-4-3-9(12(15)16)7-10(11)13/h3-4,7-8,14H,5-6,13H2,1-2H3,(H,15,16). The Balaban J connectivity index is 2.85. The number of carbonyl (C=O) groups is 1. The molecule has 1 rings (SSSR count). The van der Waals surface area contributed by atoms with Crippen LogP contribution in [0.15, 0.2) is 18.2 Å². The first-order chi connectivity index (χ1) is 8.71. The van der Waals surface area contributed by atoms with Crippen LogP contribution in [0.1, 0.15) is 30.6 Å². The smallest absolute Gasteiger partial charge is 0.335 e. The third kappa shape index (κ3) is 4.78. The number of sulfonamides is 1. The molecule has 106 valence electrons. The van der Waals surface area contributed by atoms with E-state index < -0.39 is 16.0 Å². The van der Waals surface area contributed by atoms with Crippen LogP contribution in [0.4, 0.5) is 11.4 Å². The number of rotatable bonds is 6. The molecule has 19 heavy (non-hydrogen) atoms. The minimum Gasteiger partial charge on any atom is -0.478 e. The van der Waals surface area contributed by atoms with Crippen molar-refractivity contribution >= 4 is 27.4 Å². The zero-order valence-electron chi connectivity index (χ0n) is 10.9. The molecule has 7 heteroatoms. The second-order valence-corrected chi connectivity index (χ2v) is 6.55. The quantitative estimate of drug-likeness (QED) is 0.690. The van der Waals surface area contributed by atoms with Crippen LogP contribution in [0.2, 0.25) is 0 Å². The monoisotopic (exact) mass is 286 g/mol. The van der Waals surface area contributed by atoms with Crippen LogP contribution in [0.25, 0.3) is 0 Å². The molecule has 0 spiro atoms. The van der Waals surface area contributed by atoms with Gasteiger partial charge in [-0.25, -0.2) is 13.2 Å². The van der Waals surface area contributed by atoms with Gasteiger partial charge in [0.25, 0.3) is 0 Å². The molecule has 0 unspecified atom stereocenters. The van der Waals surface area contributed by atoms with E-state index in [0.29, 0.717) is 6.42 Å². The molecule has 4 N–H and O–H groups in total. The van der Waals surface area contributed by atoms with Gasteiger partial charge in [-0.05, 0) is 30.5 Å². The van der Waals surface area contributed by atoms with E-state index in [0.717, 1.165) is 0 Å². The second-order valence-electron chi connectivity index (χ2n) is 4.71. The fourth-order valence-electron chi connectivity index (χ4n) is 1.40. The number of aromatic carboxylic acids is 1. The van der Waals surface area contributed by atoms with Crippen molar-refractivity contribution in [1.82, 2.24) is 0 Å². The Hall–Kier alpha value is -1.76. The minimum absolute atomic E-state index is 0.00475. The van der Waals surface area contributed by atoms with Crippen molar-refractivity contribution in [3.8, 4) is 0 Å². The number of nitrogens with two attached hydrogens (primary N) is 1. The minimum atomic E-state index is -3.46. The predicted octanol–water partition coefficient (Wildman–Crippen LogP) is 1.75. The van der Waals surface area contributed by atoms with Gasteiger partial charge in [-0.3, -0.25) is 4.72 Å². The Labute approximate surface area is 112 Å². The summed E-state index contributed by atoms with van der Waals surface area (Å²) < 4.78 is 25.9. The Morgan fingerprint density at radius 3 is 2.53 bits per heavy atom. The molecule has 0 saturated heterocycles. The summed E-state index contributed by atoms with van der Waals surface area (Å²) in [5, 5.41) is 8.78. The van der Waals surface area contributed by atoms with Gasteiger partial charge in [-0.1, -0.05) is 13.8 Å². The molecule has 0 radical (unpaired) electrons. The van der Waals surface area contributed by atoms with Gasteiger partial charge in [0.2, 0.25) is 10.0 Å². The normalized spacial score (nSPS) is 11.5. The molecular weight excluding hydrogens is 268 g/mol. The lowest BCUT2D eigenvalue weighted by molar-refractivity contribution is 0.0697. The molecule has 0 aromatic heterocycles. The average Bonchev–Trinajstić information content (AvgIpc) is 2.29. The lowest BCUT2D eigenvalue weighted by Crippen LogP contribution is -2.18. The Kier molecular flexibility index (Phi) is 4.77. The highest BCUT2D eigenvalue weighted by molar-refractivity contribution is 7.92. The summed E-state index contributed by atoms with van der Waals surface area (Å²) in [6.45, 7) is 3.87. The van der Waals surface area contributed by atoms with Gasteiger partial charge in [0.05, 0.1) is 22.7 Å². The molecule has 0 heterocycles. The molecule has 0 aliphatic carbocycles. The SMILES string of the molecule is CC(C)CCS(=O)(=O)Nc1ccc(C(=O)O)cc1N. The second kappa shape index (κ2) is 5.92. The summed E-state index contributed by atoms with van der Waals surface area (Å²) in [5.41, 5.74) is 5.94. The number of nitrogens with one attached hydrogen (secondary N) is 1. The summed E-state index contributed by atoms with van der Waals surface area (Å²) >= 11 is 0. The fraction of sp³-hybridized carbons (Fsp3) is 0.417. The first-order valence-corrected chi connectivity index (χ1v) is 7.50. The van der Waals surface area contributed by atoms with Crippen LogP contribution >= 0.6 is 0 Å². The van der Waals surface area contributed by atoms with Crippen LogP contribution in [-0.2, 0) is 10.0 Å². The topological polar surface area (TPSA) is 109 Å². The summed E-state index contributed by atoms with van der Waals surface area (Å²) in [7, 11) is -3.46. The molecule has 1 aromatic rings. The van der Waals surface area contributed by atoms with E-state index in [1.54, 1.807) is 0 Å². The number of hydrogen-bond acceptors (Lipinski definition) is 4. The summed E-state index contributed by atoms with van der Waals surface area (Å²) in [5.74, 6) is -0.825. The van der Waals surface area contributed by atoms with Crippen molar-refractivity contribution in [3.63, 3.8) is 0 Å². The van der Waals surface area contributed by atoms with Gasteiger partial charge in [-0.2, -0.15) is 0 Å². The van der Waals surface area contributed by atoms with Crippen molar-refractivity contribution in [2.75, 3.05) is 16.2 Å². The zero-order valence-corrected chi connectivity index (χ0v) is 11.7. The summed E-state index contributed by atoms with van der Waals surface area (Å²) in [6, 6.07) is 3.88. The molecule has 0 fully saturated rings. The van der Waals surface area contributed by atoms with Crippen LogP contribution in [0, 0.1) is 5.92 Å². The van der Waals surface area contributed by atoms with Crippen molar-refractivity contribution in [2.24, 2.45) is 5.92 Å². The number of anilines is 2. The van der Waals surface area contributed by atoms with E-state index in [-0.39, 0.29) is 28.6 Å². The van der Waals surface area contributed by atoms with Crippen LogP contribution in [-0.4, -0.2) is 25.2 Å². The molecule has 0 saturated carbocycles. The maximum atomic E-state index is 11.8. The van der Waals surface area contributed by atoms with Gasteiger partial charge in [0.15, 0.2) is 0 Å². The molecule has 0 atom stereocenters. The van der Waals surface area contributed by atoms with Gasteiger partial charge in [0.1, 0.15) is 0 Å². The number of carboxylic acids is 1. The fourth-order valence-corrected chi connectivity index (χ4v) is 2.80. The van der Waals surface area contributed by atoms with Gasteiger partial charge in [-0.15, -0.1) is 0 Å². The summed E-state index contributed by atoms with van der Waals surface area (Å²) in [4.78, 5) is 10.7. The molecule has 0 amide bonds. The molecular formula is C12H18N2O4S.